The Balaban J connectivity index is 2.21. The molecule has 2 rings (SSSR count). The molecule has 0 saturated carbocycles. The van der Waals surface area contributed by atoms with Crippen LogP contribution in [-0.2, 0) is 0 Å². The number of nitrogens with zero attached hydrogens (tertiary/aromatic N) is 1. The Morgan fingerprint density at radius 1 is 1.29 bits per heavy atom. The summed E-state index contributed by atoms with van der Waals surface area (Å²) in [5.74, 6) is -0.636. The first kappa shape index (κ1) is 14.8. The van der Waals surface area contributed by atoms with Crippen LogP contribution in [0.1, 0.15) is 24.1 Å². The Labute approximate surface area is 121 Å². The van der Waals surface area contributed by atoms with Gasteiger partial charge in [-0.1, -0.05) is 6.07 Å². The highest BCUT2D eigenvalue weighted by atomic mass is 19.1. The van der Waals surface area contributed by atoms with Crippen LogP contribution in [0.15, 0.2) is 36.4 Å². The van der Waals surface area contributed by atoms with Crippen LogP contribution in [0.3, 0.4) is 0 Å². The summed E-state index contributed by atoms with van der Waals surface area (Å²) in [7, 11) is 0. The number of halogens is 1. The minimum Gasteiger partial charge on any atom is -0.507 e. The first-order valence-electron chi connectivity index (χ1n) is 6.38. The number of hydrogen-bond acceptors (Lipinski definition) is 4. The largest absolute Gasteiger partial charge is 0.507 e. The number of hydrogen-bond donors (Lipinski definition) is 2. The van der Waals surface area contributed by atoms with E-state index in [1.165, 1.54) is 18.2 Å². The molecule has 0 radical (unpaired) electrons. The van der Waals surface area contributed by atoms with Crippen LogP contribution in [-0.4, -0.2) is 10.0 Å². The number of aromatic hydroxyl groups is 1. The van der Waals surface area contributed by atoms with Gasteiger partial charge in [0.15, 0.2) is 0 Å². The van der Waals surface area contributed by atoms with Crippen molar-refractivity contribution in [2.24, 2.45) is 0 Å². The van der Waals surface area contributed by atoms with Crippen LogP contribution in [0.25, 0.3) is 0 Å². The van der Waals surface area contributed by atoms with Crippen LogP contribution >= 0.6 is 0 Å². The van der Waals surface area contributed by atoms with Crippen LogP contribution in [0, 0.1) is 22.9 Å². The Kier molecular flexibility index (Phi) is 4.07. The van der Waals surface area contributed by atoms with Crippen LogP contribution in [0.4, 0.5) is 15.8 Å². The van der Waals surface area contributed by atoms with Crippen molar-refractivity contribution < 1.29 is 14.4 Å². The third kappa shape index (κ3) is 3.28. The van der Waals surface area contributed by atoms with Gasteiger partial charge in [0.2, 0.25) is 0 Å². The SMILES string of the molecule is Cc1cc(NC(C)c2ccc(F)cc2O)ccc1[N+](=O)[O-]. The molecule has 2 N–H and O–H groups in total. The van der Waals surface area contributed by atoms with E-state index in [1.54, 1.807) is 19.1 Å². The summed E-state index contributed by atoms with van der Waals surface area (Å²) < 4.78 is 13.0. The van der Waals surface area contributed by atoms with Crippen molar-refractivity contribution in [2.75, 3.05) is 5.32 Å². The summed E-state index contributed by atoms with van der Waals surface area (Å²) in [4.78, 5) is 10.3. The Morgan fingerprint density at radius 2 is 2.00 bits per heavy atom. The van der Waals surface area contributed by atoms with Gasteiger partial charge in [0.05, 0.1) is 11.0 Å². The summed E-state index contributed by atoms with van der Waals surface area (Å²) >= 11 is 0. The molecule has 0 amide bonds. The van der Waals surface area contributed by atoms with Gasteiger partial charge in [0.1, 0.15) is 11.6 Å². The number of phenols is 1. The van der Waals surface area contributed by atoms with Gasteiger partial charge >= 0.3 is 0 Å². The molecule has 0 spiro atoms. The van der Waals surface area contributed by atoms with E-state index in [0.29, 0.717) is 16.8 Å². The van der Waals surface area contributed by atoms with E-state index in [9.17, 15) is 19.6 Å². The summed E-state index contributed by atoms with van der Waals surface area (Å²) in [6.45, 7) is 3.47. The van der Waals surface area contributed by atoms with Crippen molar-refractivity contribution in [3.05, 3.63) is 63.5 Å². The van der Waals surface area contributed by atoms with Crippen LogP contribution in [0.5, 0.6) is 5.75 Å². The monoisotopic (exact) mass is 290 g/mol. The molecule has 0 aromatic heterocycles. The number of anilines is 1. The van der Waals surface area contributed by atoms with Crippen LogP contribution < -0.4 is 5.32 Å². The van der Waals surface area contributed by atoms with Crippen molar-refractivity contribution in [3.8, 4) is 5.75 Å². The summed E-state index contributed by atoms with van der Waals surface area (Å²) in [6.07, 6.45) is 0. The minimum atomic E-state index is -0.505. The first-order valence-corrected chi connectivity index (χ1v) is 6.38. The second-order valence-corrected chi connectivity index (χ2v) is 4.83. The fourth-order valence-corrected chi connectivity index (χ4v) is 2.16. The highest BCUT2D eigenvalue weighted by molar-refractivity contribution is 5.55. The first-order chi connectivity index (χ1) is 9.88. The van der Waals surface area contributed by atoms with E-state index in [4.69, 9.17) is 0 Å². The van der Waals surface area contributed by atoms with Crippen molar-refractivity contribution in [3.63, 3.8) is 0 Å². The maximum atomic E-state index is 13.0. The van der Waals surface area contributed by atoms with E-state index < -0.39 is 10.7 Å². The lowest BCUT2D eigenvalue weighted by atomic mass is 10.1. The van der Waals surface area contributed by atoms with Crippen molar-refractivity contribution in [1.82, 2.24) is 0 Å². The zero-order valence-electron chi connectivity index (χ0n) is 11.6. The molecule has 0 aliphatic carbocycles. The zero-order valence-corrected chi connectivity index (χ0v) is 11.6. The molecular weight excluding hydrogens is 275 g/mol. The molecule has 6 heteroatoms. The fourth-order valence-electron chi connectivity index (χ4n) is 2.16. The van der Waals surface area contributed by atoms with E-state index in [2.05, 4.69) is 5.32 Å². The fraction of sp³-hybridized carbons (Fsp3) is 0.200. The van der Waals surface area contributed by atoms with Gasteiger partial charge in [0.25, 0.3) is 5.69 Å². The number of rotatable bonds is 4. The molecule has 1 unspecified atom stereocenters. The lowest BCUT2D eigenvalue weighted by Crippen LogP contribution is -2.07. The van der Waals surface area contributed by atoms with E-state index >= 15 is 0 Å². The molecule has 5 nitrogen and oxygen atoms in total. The van der Waals surface area contributed by atoms with Gasteiger partial charge < -0.3 is 10.4 Å². The average Bonchev–Trinajstić information content (AvgIpc) is 2.37. The molecule has 2 aromatic carbocycles. The second-order valence-electron chi connectivity index (χ2n) is 4.83. The molecular formula is C15H15FN2O3. The van der Waals surface area contributed by atoms with Gasteiger partial charge in [-0.2, -0.15) is 0 Å². The molecule has 21 heavy (non-hydrogen) atoms. The average molecular weight is 290 g/mol. The number of nitrogens with one attached hydrogen (secondary N) is 1. The number of nitro benzene ring substituents is 1. The molecule has 110 valence electrons. The summed E-state index contributed by atoms with van der Waals surface area (Å²) in [5.41, 5.74) is 1.83. The highest BCUT2D eigenvalue weighted by Crippen LogP contribution is 2.29. The Hall–Kier alpha value is -2.63. The minimum absolute atomic E-state index is 0.0535. The molecule has 0 heterocycles. The molecule has 0 saturated heterocycles. The number of nitro groups is 1. The van der Waals surface area contributed by atoms with Gasteiger partial charge in [-0.3, -0.25) is 10.1 Å². The van der Waals surface area contributed by atoms with Crippen molar-refractivity contribution >= 4 is 11.4 Å². The third-order valence-corrected chi connectivity index (χ3v) is 3.24. The number of phenolic OH excluding ortho intramolecular Hbond substituents is 1. The molecule has 0 aliphatic rings. The predicted octanol–water partition coefficient (Wildman–Crippen LogP) is 3.92. The zero-order chi connectivity index (χ0) is 15.6. The quantitative estimate of drug-likeness (QED) is 0.661. The van der Waals surface area contributed by atoms with Gasteiger partial charge in [-0.15, -0.1) is 0 Å². The molecule has 2 aromatic rings. The summed E-state index contributed by atoms with van der Waals surface area (Å²) in [5, 5.41) is 23.6. The van der Waals surface area contributed by atoms with E-state index in [1.807, 2.05) is 6.92 Å². The molecule has 0 fully saturated rings. The number of aryl methyl sites for hydroxylation is 1. The predicted molar refractivity (Wildman–Crippen MR) is 77.9 cm³/mol. The maximum Gasteiger partial charge on any atom is 0.272 e. The second kappa shape index (κ2) is 5.78. The molecule has 0 aliphatic heterocycles. The van der Waals surface area contributed by atoms with Gasteiger partial charge in [-0.25, -0.2) is 4.39 Å². The van der Waals surface area contributed by atoms with Crippen LogP contribution in [0.2, 0.25) is 0 Å². The molecule has 0 bridgehead atoms. The van der Waals surface area contributed by atoms with Crippen molar-refractivity contribution in [1.29, 1.82) is 0 Å². The topological polar surface area (TPSA) is 75.4 Å². The smallest absolute Gasteiger partial charge is 0.272 e. The highest BCUT2D eigenvalue weighted by Gasteiger charge is 2.14. The Bertz CT molecular complexity index is 689. The standard InChI is InChI=1S/C15H15FN2O3/c1-9-7-12(4-6-14(9)18(20)21)17-10(2)13-5-3-11(16)8-15(13)19/h3-8,10,17,19H,1-2H3. The maximum absolute atomic E-state index is 13.0. The molecule has 1 atom stereocenters. The van der Waals surface area contributed by atoms with Crippen molar-refractivity contribution in [2.45, 2.75) is 19.9 Å². The third-order valence-electron chi connectivity index (χ3n) is 3.24. The lowest BCUT2D eigenvalue weighted by molar-refractivity contribution is -0.385. The number of benzene rings is 2. The van der Waals surface area contributed by atoms with E-state index in [0.717, 1.165) is 6.07 Å². The Morgan fingerprint density at radius 3 is 2.57 bits per heavy atom. The lowest BCUT2D eigenvalue weighted by Gasteiger charge is -2.17. The summed E-state index contributed by atoms with van der Waals surface area (Å²) in [6, 6.07) is 8.24. The van der Waals surface area contributed by atoms with Gasteiger partial charge in [0, 0.05) is 28.9 Å². The van der Waals surface area contributed by atoms with Gasteiger partial charge in [-0.05, 0) is 32.0 Å². The van der Waals surface area contributed by atoms with E-state index in [-0.39, 0.29) is 17.5 Å². The normalized spacial score (nSPS) is 12.0.